The number of carbonyl (C=O) groups excluding carboxylic acids is 1. The Morgan fingerprint density at radius 3 is 2.75 bits per heavy atom. The van der Waals surface area contributed by atoms with Crippen LogP contribution in [0.2, 0.25) is 5.02 Å². The number of aryl methyl sites for hydroxylation is 1. The maximum atomic E-state index is 13.6. The average molecular weight is 546 g/mol. The Hall–Kier alpha value is -2.47. The Morgan fingerprint density at radius 2 is 2.06 bits per heavy atom. The van der Waals surface area contributed by atoms with Crippen LogP contribution in [-0.2, 0) is 28.1 Å². The van der Waals surface area contributed by atoms with Gasteiger partial charge in [0, 0.05) is 16.8 Å². The van der Waals surface area contributed by atoms with Crippen LogP contribution in [0.4, 0.5) is 0 Å². The predicted octanol–water partition coefficient (Wildman–Crippen LogP) is 2.90. The number of rotatable bonds is 12. The molecule has 3 rings (SSSR count). The molecular weight excluding hydrogens is 517 g/mol. The highest BCUT2D eigenvalue weighted by Crippen LogP contribution is 2.45. The number of ether oxygens (including phenoxy) is 3. The van der Waals surface area contributed by atoms with Gasteiger partial charge in [0.15, 0.2) is 12.5 Å². The molecule has 0 saturated carbocycles. The van der Waals surface area contributed by atoms with E-state index >= 15 is 0 Å². The third kappa shape index (κ3) is 7.76. The first-order chi connectivity index (χ1) is 17.1. The summed E-state index contributed by atoms with van der Waals surface area (Å²) in [6, 6.07) is 5.06. The largest absolute Gasteiger partial charge is 0.465 e. The lowest BCUT2D eigenvalue weighted by Crippen LogP contribution is -2.36. The maximum absolute atomic E-state index is 13.6. The number of unbranched alkanes of at least 4 members (excludes halogenated alkanes) is 1. The lowest BCUT2D eigenvalue weighted by atomic mass is 10.3. The van der Waals surface area contributed by atoms with E-state index in [0.29, 0.717) is 17.0 Å². The topological polar surface area (TPSA) is 147 Å². The van der Waals surface area contributed by atoms with E-state index < -0.39 is 43.5 Å². The molecule has 1 saturated heterocycles. The molecule has 14 heteroatoms. The van der Waals surface area contributed by atoms with Crippen LogP contribution in [0.15, 0.2) is 40.1 Å². The number of aromatic amines is 1. The van der Waals surface area contributed by atoms with E-state index in [1.807, 2.05) is 6.92 Å². The zero-order chi connectivity index (χ0) is 26.3. The molecule has 2 heterocycles. The van der Waals surface area contributed by atoms with E-state index in [9.17, 15) is 18.9 Å². The van der Waals surface area contributed by atoms with Crippen LogP contribution in [0.25, 0.3) is 0 Å². The van der Waals surface area contributed by atoms with E-state index in [4.69, 9.17) is 34.9 Å². The molecule has 0 bridgehead atoms. The molecule has 0 radical (unpaired) electrons. The third-order valence-corrected chi connectivity index (χ3v) is 6.95. The number of nitrogens with one attached hydrogen (secondary N) is 2. The van der Waals surface area contributed by atoms with Gasteiger partial charge in [-0.15, -0.1) is 0 Å². The van der Waals surface area contributed by atoms with Gasteiger partial charge >= 0.3 is 19.4 Å². The summed E-state index contributed by atoms with van der Waals surface area (Å²) in [5.41, 5.74) is -0.832. The van der Waals surface area contributed by atoms with E-state index in [1.165, 1.54) is 29.8 Å². The van der Waals surface area contributed by atoms with E-state index in [1.54, 1.807) is 19.1 Å². The maximum Gasteiger partial charge on any atom is 0.459 e. The molecule has 2 unspecified atom stereocenters. The molecule has 36 heavy (non-hydrogen) atoms. The fourth-order valence-electron chi connectivity index (χ4n) is 3.09. The zero-order valence-corrected chi connectivity index (χ0v) is 21.8. The standard InChI is InChI=1S/C22H29ClN3O9P/c1-4-5-10-31-21(28)15(3)25-36(30,35-17-8-6-16(23)7-9-17)33-13-19-32-12-18(34-19)26-11-14(2)20(27)24-22(26)29/h6-9,11,15,18-19H,4-5,10,12-13H2,1-3H3,(H,25,30)(H,24,27,29)/t15?,18-,19-,36?/m1/s1. The fraction of sp³-hybridized carbons (Fsp3) is 0.500. The third-order valence-electron chi connectivity index (χ3n) is 5.06. The minimum absolute atomic E-state index is 0.0185. The molecule has 198 valence electrons. The van der Waals surface area contributed by atoms with Gasteiger partial charge in [0.2, 0.25) is 0 Å². The molecule has 1 aliphatic rings. The normalized spacial score (nSPS) is 20.0. The fourth-order valence-corrected chi connectivity index (χ4v) is 4.69. The van der Waals surface area contributed by atoms with Crippen LogP contribution in [0, 0.1) is 6.92 Å². The van der Waals surface area contributed by atoms with Gasteiger partial charge < -0.3 is 18.7 Å². The van der Waals surface area contributed by atoms with Crippen LogP contribution in [0.3, 0.4) is 0 Å². The van der Waals surface area contributed by atoms with Gasteiger partial charge in [0.1, 0.15) is 18.4 Å². The quantitative estimate of drug-likeness (QED) is 0.232. The lowest BCUT2D eigenvalue weighted by Gasteiger charge is -2.24. The molecule has 0 aliphatic carbocycles. The Labute approximate surface area is 212 Å². The Balaban J connectivity index is 1.68. The molecule has 1 aliphatic heterocycles. The van der Waals surface area contributed by atoms with Gasteiger partial charge in [0.25, 0.3) is 5.56 Å². The first-order valence-corrected chi connectivity index (χ1v) is 13.3. The summed E-state index contributed by atoms with van der Waals surface area (Å²) in [6.45, 7) is 4.84. The SMILES string of the molecule is CCCCOC(=O)C(C)NP(=O)(OC[C@@H]1OC[C@H](n2cc(C)c(=O)[nH]c2=O)O1)Oc1ccc(Cl)cc1. The van der Waals surface area contributed by atoms with E-state index in [2.05, 4.69) is 10.1 Å². The molecule has 4 atom stereocenters. The van der Waals surface area contributed by atoms with Crippen molar-refractivity contribution in [3.8, 4) is 5.75 Å². The number of esters is 1. The second-order valence-electron chi connectivity index (χ2n) is 8.04. The zero-order valence-electron chi connectivity index (χ0n) is 20.1. The Morgan fingerprint density at radius 1 is 1.33 bits per heavy atom. The van der Waals surface area contributed by atoms with Gasteiger partial charge in [0.05, 0.1) is 13.2 Å². The molecule has 2 aromatic rings. The predicted molar refractivity (Wildman–Crippen MR) is 130 cm³/mol. The number of nitrogens with zero attached hydrogens (tertiary/aromatic N) is 1. The minimum atomic E-state index is -4.14. The van der Waals surface area contributed by atoms with Gasteiger partial charge in [-0.2, -0.15) is 5.09 Å². The van der Waals surface area contributed by atoms with Gasteiger partial charge in [-0.1, -0.05) is 24.9 Å². The monoisotopic (exact) mass is 545 g/mol. The first kappa shape index (κ1) is 28.1. The Bertz CT molecular complexity index is 1200. The summed E-state index contributed by atoms with van der Waals surface area (Å²) in [7, 11) is -4.14. The number of aromatic nitrogens is 2. The van der Waals surface area contributed by atoms with Crippen LogP contribution in [0.5, 0.6) is 5.75 Å². The number of H-pyrrole nitrogens is 1. The molecule has 2 N–H and O–H groups in total. The summed E-state index contributed by atoms with van der Waals surface area (Å²) < 4.78 is 42.2. The summed E-state index contributed by atoms with van der Waals surface area (Å²) in [5.74, 6) is -0.434. The van der Waals surface area contributed by atoms with Crippen LogP contribution >= 0.6 is 19.3 Å². The summed E-state index contributed by atoms with van der Waals surface area (Å²) >= 11 is 5.90. The second kappa shape index (κ2) is 12.7. The van der Waals surface area contributed by atoms with Crippen molar-refractivity contribution in [1.82, 2.24) is 14.6 Å². The van der Waals surface area contributed by atoms with Crippen molar-refractivity contribution < 1.29 is 32.6 Å². The van der Waals surface area contributed by atoms with Crippen LogP contribution in [-0.4, -0.2) is 47.7 Å². The van der Waals surface area contributed by atoms with Crippen LogP contribution in [0.1, 0.15) is 38.5 Å². The number of hydrogen-bond donors (Lipinski definition) is 2. The number of benzene rings is 1. The molecule has 1 fully saturated rings. The Kier molecular flexibility index (Phi) is 9.89. The molecule has 0 amide bonds. The van der Waals surface area contributed by atoms with Gasteiger partial charge in [-0.3, -0.25) is 23.7 Å². The molecular formula is C22H29ClN3O9P. The van der Waals surface area contributed by atoms with Crippen molar-refractivity contribution in [3.63, 3.8) is 0 Å². The molecule has 1 aromatic heterocycles. The highest BCUT2D eigenvalue weighted by atomic mass is 35.5. The number of carbonyl (C=O) groups is 1. The van der Waals surface area contributed by atoms with Crippen molar-refractivity contribution in [2.45, 2.75) is 52.2 Å². The molecule has 12 nitrogen and oxygen atoms in total. The lowest BCUT2D eigenvalue weighted by molar-refractivity contribution is -0.145. The van der Waals surface area contributed by atoms with Crippen molar-refractivity contribution in [1.29, 1.82) is 0 Å². The number of halogens is 1. The summed E-state index contributed by atoms with van der Waals surface area (Å²) in [5, 5.41) is 3.02. The highest BCUT2D eigenvalue weighted by Gasteiger charge is 2.36. The van der Waals surface area contributed by atoms with Crippen molar-refractivity contribution >= 4 is 25.3 Å². The van der Waals surface area contributed by atoms with Crippen molar-refractivity contribution in [2.24, 2.45) is 0 Å². The van der Waals surface area contributed by atoms with Crippen LogP contribution < -0.4 is 20.9 Å². The van der Waals surface area contributed by atoms with Crippen molar-refractivity contribution in [2.75, 3.05) is 19.8 Å². The smallest absolute Gasteiger partial charge is 0.459 e. The molecule has 1 aromatic carbocycles. The van der Waals surface area contributed by atoms with Gasteiger partial charge in [-0.25, -0.2) is 9.36 Å². The van der Waals surface area contributed by atoms with E-state index in [0.717, 1.165) is 6.42 Å². The number of hydrogen-bond acceptors (Lipinski definition) is 9. The van der Waals surface area contributed by atoms with Crippen molar-refractivity contribution in [3.05, 3.63) is 61.9 Å². The highest BCUT2D eigenvalue weighted by molar-refractivity contribution is 7.52. The molecule has 0 spiro atoms. The summed E-state index contributed by atoms with van der Waals surface area (Å²) in [4.78, 5) is 38.2. The second-order valence-corrected chi connectivity index (χ2v) is 10.2. The van der Waals surface area contributed by atoms with Gasteiger partial charge in [-0.05, 0) is 44.5 Å². The average Bonchev–Trinajstić information content (AvgIpc) is 3.30. The first-order valence-electron chi connectivity index (χ1n) is 11.3. The van der Waals surface area contributed by atoms with E-state index in [-0.39, 0.29) is 25.6 Å². The minimum Gasteiger partial charge on any atom is -0.465 e. The summed E-state index contributed by atoms with van der Waals surface area (Å²) in [6.07, 6.45) is 1.07.